The number of nitrogens with zero attached hydrogens (tertiary/aromatic N) is 2. The molecule has 0 unspecified atom stereocenters. The summed E-state index contributed by atoms with van der Waals surface area (Å²) in [7, 11) is 0. The normalized spacial score (nSPS) is 13.8. The minimum absolute atomic E-state index is 0.145. The molecule has 0 radical (unpaired) electrons. The molecule has 0 saturated carbocycles. The number of hydrogen-bond acceptors (Lipinski definition) is 7. The number of hydrogen-bond donors (Lipinski definition) is 2. The van der Waals surface area contributed by atoms with Crippen LogP contribution in [0.3, 0.4) is 0 Å². The van der Waals surface area contributed by atoms with Crippen molar-refractivity contribution >= 4 is 28.8 Å². The van der Waals surface area contributed by atoms with Gasteiger partial charge >= 0.3 is 18.4 Å². The molecule has 8 nitrogen and oxygen atoms in total. The fraction of sp³-hybridized carbons (Fsp3) is 0.333. The van der Waals surface area contributed by atoms with Crippen molar-refractivity contribution in [2.75, 3.05) is 28.7 Å². The van der Waals surface area contributed by atoms with Crippen LogP contribution in [-0.2, 0) is 16.1 Å². The van der Waals surface area contributed by atoms with Gasteiger partial charge in [0.1, 0.15) is 5.82 Å². The minimum Gasteiger partial charge on any atom is -0.395 e. The average molecular weight is 567 g/mol. The largest absolute Gasteiger partial charge is 0.586 e. The Morgan fingerprint density at radius 1 is 1.05 bits per heavy atom. The van der Waals surface area contributed by atoms with Gasteiger partial charge in [0.05, 0.1) is 23.2 Å². The number of alkyl halides is 5. The number of nitrogens with one attached hydrogen (secondary N) is 2. The summed E-state index contributed by atoms with van der Waals surface area (Å²) in [5, 5.41) is 6.25. The fourth-order valence-electron chi connectivity index (χ4n) is 3.87. The lowest BCUT2D eigenvalue weighted by atomic mass is 10.1. The summed E-state index contributed by atoms with van der Waals surface area (Å²) in [6.07, 6.45) is -6.72. The Morgan fingerprint density at radius 3 is 2.55 bits per heavy atom. The molecule has 13 heteroatoms. The number of aromatic nitrogens is 1. The first kappa shape index (κ1) is 28.9. The summed E-state index contributed by atoms with van der Waals surface area (Å²) in [6.45, 7) is 5.33. The van der Waals surface area contributed by atoms with Gasteiger partial charge in [0, 0.05) is 32.0 Å². The Balaban J connectivity index is 1.54. The van der Waals surface area contributed by atoms with Gasteiger partial charge in [-0.3, -0.25) is 9.69 Å². The summed E-state index contributed by atoms with van der Waals surface area (Å²) in [6, 6.07) is 12.3. The molecule has 0 spiro atoms. The number of amides is 1. The van der Waals surface area contributed by atoms with E-state index in [1.165, 1.54) is 18.2 Å². The summed E-state index contributed by atoms with van der Waals surface area (Å²) in [5.41, 5.74) is 0.478. The monoisotopic (exact) mass is 566 g/mol. The van der Waals surface area contributed by atoms with Gasteiger partial charge in [0.2, 0.25) is 0 Å². The number of rotatable bonds is 11. The summed E-state index contributed by atoms with van der Waals surface area (Å²) in [4.78, 5) is 17.2. The first-order valence-corrected chi connectivity index (χ1v) is 12.4. The van der Waals surface area contributed by atoms with Crippen LogP contribution in [0.2, 0.25) is 0 Å². The molecule has 1 aliphatic heterocycles. The van der Waals surface area contributed by atoms with Gasteiger partial charge in [0.15, 0.2) is 11.5 Å². The predicted molar refractivity (Wildman–Crippen MR) is 138 cm³/mol. The Hall–Kier alpha value is -4.13. The number of ether oxygens (including phenoxy) is 3. The topological polar surface area (TPSA) is 85.0 Å². The standard InChI is InChI=1S/C27H27F5N4O4/c1-17(2)38-13-5-11-33-24-14-18(10-12-34-24)16-35-20-6-3-4-7-21(20)36(25(37)26(28,29)30)19-8-9-22-23(15-19)40-27(31,32)39-22/h3-4,6-10,12,14-15,17,35H,5,11,13,16H2,1-2H3,(H,33,34). The van der Waals surface area contributed by atoms with E-state index in [9.17, 15) is 26.7 Å². The molecule has 214 valence electrons. The number of para-hydroxylation sites is 2. The van der Waals surface area contributed by atoms with Gasteiger partial charge in [-0.05, 0) is 62.2 Å². The molecule has 1 aromatic heterocycles. The second-order valence-electron chi connectivity index (χ2n) is 9.06. The number of carbonyl (C=O) groups excluding carboxylic acids is 1. The number of anilines is 4. The highest BCUT2D eigenvalue weighted by molar-refractivity contribution is 6.06. The van der Waals surface area contributed by atoms with E-state index in [-0.39, 0.29) is 35.5 Å². The molecule has 0 bridgehead atoms. The second kappa shape index (κ2) is 11.9. The maximum absolute atomic E-state index is 13.7. The van der Waals surface area contributed by atoms with Crippen LogP contribution in [0.25, 0.3) is 0 Å². The highest BCUT2D eigenvalue weighted by Gasteiger charge is 2.46. The third kappa shape index (κ3) is 7.29. The highest BCUT2D eigenvalue weighted by Crippen LogP contribution is 2.45. The quantitative estimate of drug-likeness (QED) is 0.203. The van der Waals surface area contributed by atoms with E-state index >= 15 is 0 Å². The second-order valence-corrected chi connectivity index (χ2v) is 9.06. The third-order valence-electron chi connectivity index (χ3n) is 5.62. The van der Waals surface area contributed by atoms with Crippen LogP contribution >= 0.6 is 0 Å². The fourth-order valence-corrected chi connectivity index (χ4v) is 3.87. The van der Waals surface area contributed by atoms with Crippen LogP contribution < -0.4 is 25.0 Å². The van der Waals surface area contributed by atoms with Crippen LogP contribution in [0.4, 0.5) is 44.8 Å². The molecule has 4 rings (SSSR count). The molecule has 3 aromatic rings. The van der Waals surface area contributed by atoms with E-state index in [1.54, 1.807) is 24.4 Å². The average Bonchev–Trinajstić information content (AvgIpc) is 3.20. The van der Waals surface area contributed by atoms with Crippen molar-refractivity contribution in [1.82, 2.24) is 4.98 Å². The van der Waals surface area contributed by atoms with E-state index in [0.717, 1.165) is 30.2 Å². The molecule has 0 aliphatic carbocycles. The van der Waals surface area contributed by atoms with Gasteiger partial charge in [0.25, 0.3) is 0 Å². The number of fused-ring (bicyclic) bond motifs is 1. The number of halogens is 5. The Bertz CT molecular complexity index is 1340. The number of benzene rings is 2. The lowest BCUT2D eigenvalue weighted by Gasteiger charge is -2.26. The van der Waals surface area contributed by atoms with E-state index in [0.29, 0.717) is 23.9 Å². The highest BCUT2D eigenvalue weighted by atomic mass is 19.4. The third-order valence-corrected chi connectivity index (χ3v) is 5.62. The number of carbonyl (C=O) groups is 1. The molecule has 1 amide bonds. The van der Waals surface area contributed by atoms with E-state index in [4.69, 9.17) is 4.74 Å². The predicted octanol–water partition coefficient (Wildman–Crippen LogP) is 6.47. The van der Waals surface area contributed by atoms with Gasteiger partial charge in [-0.1, -0.05) is 12.1 Å². The van der Waals surface area contributed by atoms with Crippen LogP contribution in [0, 0.1) is 0 Å². The molecule has 40 heavy (non-hydrogen) atoms. The molecule has 2 heterocycles. The van der Waals surface area contributed by atoms with Crippen LogP contribution in [0.1, 0.15) is 25.8 Å². The molecule has 0 atom stereocenters. The minimum atomic E-state index is -5.26. The summed E-state index contributed by atoms with van der Waals surface area (Å²) >= 11 is 0. The molecule has 2 aromatic carbocycles. The van der Waals surface area contributed by atoms with Crippen LogP contribution in [-0.4, -0.2) is 42.6 Å². The molecule has 1 aliphatic rings. The van der Waals surface area contributed by atoms with Crippen molar-refractivity contribution in [2.24, 2.45) is 0 Å². The van der Waals surface area contributed by atoms with Crippen molar-refractivity contribution in [1.29, 1.82) is 0 Å². The SMILES string of the molecule is CC(C)OCCCNc1cc(CNc2ccccc2N(C(=O)C(F)(F)F)c2ccc3c(c2)OC(F)(F)O3)ccn1. The van der Waals surface area contributed by atoms with Crippen molar-refractivity contribution in [2.45, 2.75) is 45.4 Å². The van der Waals surface area contributed by atoms with Crippen LogP contribution in [0.15, 0.2) is 60.8 Å². The van der Waals surface area contributed by atoms with Crippen molar-refractivity contribution in [3.05, 3.63) is 66.4 Å². The van der Waals surface area contributed by atoms with E-state index in [2.05, 4.69) is 25.1 Å². The van der Waals surface area contributed by atoms with E-state index < -0.39 is 24.1 Å². The summed E-state index contributed by atoms with van der Waals surface area (Å²) < 4.78 is 82.2. The van der Waals surface area contributed by atoms with Crippen LogP contribution in [0.5, 0.6) is 11.5 Å². The summed E-state index contributed by atoms with van der Waals surface area (Å²) in [5.74, 6) is -2.47. The molecular weight excluding hydrogens is 539 g/mol. The molecule has 0 saturated heterocycles. The van der Waals surface area contributed by atoms with Crippen molar-refractivity contribution < 1.29 is 41.0 Å². The Morgan fingerprint density at radius 2 is 1.80 bits per heavy atom. The van der Waals surface area contributed by atoms with Gasteiger partial charge in [-0.15, -0.1) is 8.78 Å². The smallest absolute Gasteiger partial charge is 0.395 e. The Labute approximate surface area is 227 Å². The van der Waals surface area contributed by atoms with Crippen molar-refractivity contribution in [3.8, 4) is 11.5 Å². The van der Waals surface area contributed by atoms with E-state index in [1.807, 2.05) is 13.8 Å². The first-order chi connectivity index (χ1) is 18.9. The zero-order chi connectivity index (χ0) is 28.9. The number of pyridine rings is 1. The zero-order valence-corrected chi connectivity index (χ0v) is 21.6. The van der Waals surface area contributed by atoms with Gasteiger partial charge < -0.3 is 24.8 Å². The molecular formula is C27H27F5N4O4. The zero-order valence-electron chi connectivity index (χ0n) is 21.6. The molecule has 0 fully saturated rings. The Kier molecular flexibility index (Phi) is 8.62. The first-order valence-electron chi connectivity index (χ1n) is 12.4. The molecule has 2 N–H and O–H groups in total. The maximum Gasteiger partial charge on any atom is 0.586 e. The van der Waals surface area contributed by atoms with Gasteiger partial charge in [-0.25, -0.2) is 4.98 Å². The lowest BCUT2D eigenvalue weighted by Crippen LogP contribution is -2.38. The lowest BCUT2D eigenvalue weighted by molar-refractivity contribution is -0.286. The van der Waals surface area contributed by atoms with Gasteiger partial charge in [-0.2, -0.15) is 13.2 Å². The maximum atomic E-state index is 13.7. The van der Waals surface area contributed by atoms with Crippen molar-refractivity contribution in [3.63, 3.8) is 0 Å².